The van der Waals surface area contributed by atoms with Crippen LogP contribution in [0.1, 0.15) is 5.56 Å². The van der Waals surface area contributed by atoms with Crippen LogP contribution in [0.25, 0.3) is 133 Å². The maximum absolute atomic E-state index is 6.72. The highest BCUT2D eigenvalue weighted by atomic mass is 16.3. The molecular weight excluding hydrogens is 763 g/mol. The molecule has 5 heterocycles. The van der Waals surface area contributed by atoms with E-state index < -0.39 is 0 Å². The van der Waals surface area contributed by atoms with E-state index in [0.717, 1.165) is 133 Å². The first-order valence-electron chi connectivity index (χ1n) is 20.7. The van der Waals surface area contributed by atoms with Crippen LogP contribution in [0.15, 0.2) is 195 Å². The van der Waals surface area contributed by atoms with Gasteiger partial charge in [-0.05, 0) is 108 Å². The van der Waals surface area contributed by atoms with Crippen LogP contribution in [0.2, 0.25) is 0 Å². The van der Waals surface area contributed by atoms with E-state index in [9.17, 15) is 0 Å². The Hall–Kier alpha value is -8.35. The number of pyridine rings is 1. The fourth-order valence-electron chi connectivity index (χ4n) is 9.20. The Kier molecular flexibility index (Phi) is 7.42. The smallest absolute Gasteiger partial charge is 0.160 e. The van der Waals surface area contributed by atoms with Gasteiger partial charge in [-0.1, -0.05) is 97.1 Å². The Morgan fingerprint density at radius 3 is 1.63 bits per heavy atom. The first-order chi connectivity index (χ1) is 30.6. The number of rotatable bonds is 5. The highest BCUT2D eigenvalue weighted by molar-refractivity contribution is 6.15. The van der Waals surface area contributed by atoms with Crippen molar-refractivity contribution in [3.63, 3.8) is 0 Å². The van der Waals surface area contributed by atoms with Gasteiger partial charge in [0.1, 0.15) is 33.5 Å². The summed E-state index contributed by atoms with van der Waals surface area (Å²) < 4.78 is 19.2. The van der Waals surface area contributed by atoms with Gasteiger partial charge in [0.2, 0.25) is 0 Å². The normalized spacial score (nSPS) is 12.0. The van der Waals surface area contributed by atoms with Gasteiger partial charge in [-0.2, -0.15) is 0 Å². The first-order valence-corrected chi connectivity index (χ1v) is 20.7. The van der Waals surface area contributed by atoms with E-state index in [-0.39, 0.29) is 0 Å². The Balaban J connectivity index is 1.04. The third-order valence-corrected chi connectivity index (χ3v) is 12.3. The van der Waals surface area contributed by atoms with Gasteiger partial charge in [0.05, 0.1) is 16.9 Å². The molecule has 62 heavy (non-hydrogen) atoms. The van der Waals surface area contributed by atoms with Crippen molar-refractivity contribution >= 4 is 76.7 Å². The second-order valence-corrected chi connectivity index (χ2v) is 16.0. The molecule has 5 aromatic heterocycles. The molecule has 0 spiro atoms. The average molecular weight is 796 g/mol. The van der Waals surface area contributed by atoms with Crippen LogP contribution in [0.4, 0.5) is 0 Å². The summed E-state index contributed by atoms with van der Waals surface area (Å²) in [6, 6.07) is 60.8. The number of para-hydroxylation sites is 3. The monoisotopic (exact) mass is 795 g/mol. The van der Waals surface area contributed by atoms with Crippen molar-refractivity contribution < 1.29 is 13.3 Å². The number of furan rings is 3. The second-order valence-electron chi connectivity index (χ2n) is 16.0. The fourth-order valence-corrected chi connectivity index (χ4v) is 9.20. The van der Waals surface area contributed by atoms with Gasteiger partial charge < -0.3 is 13.3 Å². The molecule has 0 bridgehead atoms. The van der Waals surface area contributed by atoms with Gasteiger partial charge >= 0.3 is 0 Å². The lowest BCUT2D eigenvalue weighted by molar-refractivity contribution is 0.668. The lowest BCUT2D eigenvalue weighted by Crippen LogP contribution is -1.97. The number of aromatic nitrogens is 3. The van der Waals surface area contributed by atoms with E-state index in [2.05, 4.69) is 122 Å². The Labute approximate surface area is 354 Å². The number of hydrogen-bond acceptors (Lipinski definition) is 6. The quantitative estimate of drug-likeness (QED) is 0.173. The predicted molar refractivity (Wildman–Crippen MR) is 251 cm³/mol. The molecule has 0 radical (unpaired) electrons. The summed E-state index contributed by atoms with van der Waals surface area (Å²) in [5.41, 5.74) is 15.8. The van der Waals surface area contributed by atoms with Crippen molar-refractivity contribution in [1.82, 2.24) is 15.0 Å². The minimum Gasteiger partial charge on any atom is -0.456 e. The minimum atomic E-state index is 0.641. The number of fused-ring (bicyclic) bond motifs is 11. The molecule has 6 heteroatoms. The highest BCUT2D eigenvalue weighted by Crippen LogP contribution is 2.41. The van der Waals surface area contributed by atoms with Gasteiger partial charge in [-0.25, -0.2) is 9.97 Å². The molecule has 0 aliphatic heterocycles. The van der Waals surface area contributed by atoms with E-state index >= 15 is 0 Å². The first kappa shape index (κ1) is 34.5. The van der Waals surface area contributed by atoms with Crippen LogP contribution in [0, 0.1) is 6.92 Å². The van der Waals surface area contributed by atoms with Crippen molar-refractivity contribution in [2.24, 2.45) is 0 Å². The second kappa shape index (κ2) is 13.3. The van der Waals surface area contributed by atoms with E-state index in [1.54, 1.807) is 0 Å². The van der Waals surface area contributed by atoms with E-state index in [0.29, 0.717) is 5.82 Å². The van der Waals surface area contributed by atoms with E-state index in [1.165, 1.54) is 0 Å². The lowest BCUT2D eigenvalue weighted by atomic mass is 9.93. The Morgan fingerprint density at radius 1 is 0.355 bits per heavy atom. The van der Waals surface area contributed by atoms with Gasteiger partial charge in [-0.3, -0.25) is 4.98 Å². The van der Waals surface area contributed by atoms with Crippen LogP contribution in [0.3, 0.4) is 0 Å². The predicted octanol–water partition coefficient (Wildman–Crippen LogP) is 15.4. The minimum absolute atomic E-state index is 0.641. The van der Waals surface area contributed by atoms with E-state index in [1.807, 2.05) is 66.9 Å². The third kappa shape index (κ3) is 5.40. The molecule has 13 rings (SSSR count). The molecule has 0 aliphatic carbocycles. The number of hydrogen-bond donors (Lipinski definition) is 0. The van der Waals surface area contributed by atoms with Gasteiger partial charge in [0, 0.05) is 66.2 Å². The van der Waals surface area contributed by atoms with Gasteiger partial charge in [0.15, 0.2) is 5.82 Å². The zero-order valence-corrected chi connectivity index (χ0v) is 33.4. The topological polar surface area (TPSA) is 78.1 Å². The average Bonchev–Trinajstić information content (AvgIpc) is 4.03. The summed E-state index contributed by atoms with van der Waals surface area (Å²) in [6.45, 7) is 2.11. The number of aryl methyl sites for hydroxylation is 1. The third-order valence-electron chi connectivity index (χ3n) is 12.3. The maximum Gasteiger partial charge on any atom is 0.160 e. The van der Waals surface area contributed by atoms with Gasteiger partial charge in [-0.15, -0.1) is 0 Å². The molecule has 0 fully saturated rings. The molecule has 13 aromatic rings. The molecule has 0 unspecified atom stereocenters. The van der Waals surface area contributed by atoms with E-state index in [4.69, 9.17) is 28.2 Å². The van der Waals surface area contributed by atoms with Crippen LogP contribution >= 0.6 is 0 Å². The molecular formula is C56H33N3O3. The summed E-state index contributed by atoms with van der Waals surface area (Å²) in [7, 11) is 0. The molecule has 0 saturated heterocycles. The van der Waals surface area contributed by atoms with Crippen molar-refractivity contribution in [2.75, 3.05) is 0 Å². The summed E-state index contributed by atoms with van der Waals surface area (Å²) in [5.74, 6) is 0.641. The molecule has 0 N–H and O–H groups in total. The SMILES string of the molecule is Cc1c(-c2cc(-c3cc(-c4ccc5oc6ccccc6c5c4)cc(-c4ccc5oc6ccccc6c5c4)c3)nc(-c3ccccc3)n2)ccc2c1oc1c3ccccc3ncc21. The highest BCUT2D eigenvalue weighted by Gasteiger charge is 2.20. The molecule has 0 atom stereocenters. The molecule has 8 aromatic carbocycles. The van der Waals surface area contributed by atoms with Crippen LogP contribution in [-0.2, 0) is 0 Å². The number of benzene rings is 8. The summed E-state index contributed by atoms with van der Waals surface area (Å²) >= 11 is 0. The van der Waals surface area contributed by atoms with Gasteiger partial charge in [0.25, 0.3) is 0 Å². The van der Waals surface area contributed by atoms with Crippen molar-refractivity contribution in [2.45, 2.75) is 6.92 Å². The molecule has 0 saturated carbocycles. The maximum atomic E-state index is 6.72. The van der Waals surface area contributed by atoms with Crippen molar-refractivity contribution in [3.05, 3.63) is 188 Å². The van der Waals surface area contributed by atoms with Crippen molar-refractivity contribution in [3.8, 4) is 56.2 Å². The molecule has 0 aliphatic rings. The van der Waals surface area contributed by atoms with Crippen LogP contribution < -0.4 is 0 Å². The number of nitrogens with zero attached hydrogens (tertiary/aromatic N) is 3. The summed E-state index contributed by atoms with van der Waals surface area (Å²) in [6.07, 6.45) is 1.92. The Morgan fingerprint density at radius 2 is 0.935 bits per heavy atom. The van der Waals surface area contributed by atoms with Crippen molar-refractivity contribution in [1.29, 1.82) is 0 Å². The zero-order valence-electron chi connectivity index (χ0n) is 33.4. The largest absolute Gasteiger partial charge is 0.456 e. The van der Waals surface area contributed by atoms with Crippen LogP contribution in [-0.4, -0.2) is 15.0 Å². The standard InChI is InChI=1S/C56H33N3O3/c1-32-39(21-22-42-46-31-57-47-16-8-5-15-43(47)55(46)62-54(32)42)49-30-48(58-56(59-49)33-11-3-2-4-12-33)38-26-36(34-19-23-52-44(28-34)40-13-6-9-17-50(40)60-52)25-37(27-38)35-20-24-53-45(29-35)41-14-7-10-18-51(41)61-53/h2-31H,1H3. The zero-order chi connectivity index (χ0) is 40.9. The van der Waals surface area contributed by atoms with Crippen LogP contribution in [0.5, 0.6) is 0 Å². The summed E-state index contributed by atoms with van der Waals surface area (Å²) in [4.78, 5) is 15.3. The fraction of sp³-hybridized carbons (Fsp3) is 0.0179. The molecule has 0 amide bonds. The molecule has 6 nitrogen and oxygen atoms in total. The lowest BCUT2D eigenvalue weighted by Gasteiger charge is -2.14. The molecule has 290 valence electrons. The summed E-state index contributed by atoms with van der Waals surface area (Å²) in [5, 5.41) is 7.35. The Bertz CT molecular complexity index is 3820.